The van der Waals surface area contributed by atoms with E-state index in [1.807, 2.05) is 6.20 Å². The number of amides is 1. The maximum atomic E-state index is 11.9. The van der Waals surface area contributed by atoms with Crippen molar-refractivity contribution in [3.8, 4) is 0 Å². The van der Waals surface area contributed by atoms with E-state index in [0.29, 0.717) is 12.6 Å². The summed E-state index contributed by atoms with van der Waals surface area (Å²) in [4.78, 5) is 17.6. The number of nitrogens with one attached hydrogen (secondary N) is 2. The summed E-state index contributed by atoms with van der Waals surface area (Å²) in [5, 5.41) is 7.45. The van der Waals surface area contributed by atoms with Crippen LogP contribution in [0.3, 0.4) is 0 Å². The molecule has 0 radical (unpaired) electrons. The standard InChI is InChI=1S/C15H25N3OS/c1-3-13-9-17-15(20-13)11(2)16-10-14(19)18-12-7-5-4-6-8-12/h9,11-12,16H,3-8,10H2,1-2H3,(H,18,19). The third-order valence-corrected chi connectivity index (χ3v) is 5.15. The molecule has 0 spiro atoms. The molecule has 1 unspecified atom stereocenters. The zero-order valence-corrected chi connectivity index (χ0v) is 13.3. The van der Waals surface area contributed by atoms with Gasteiger partial charge >= 0.3 is 0 Å². The molecule has 1 fully saturated rings. The lowest BCUT2D eigenvalue weighted by molar-refractivity contribution is -0.121. The monoisotopic (exact) mass is 295 g/mol. The summed E-state index contributed by atoms with van der Waals surface area (Å²) in [7, 11) is 0. The van der Waals surface area contributed by atoms with Crippen molar-refractivity contribution in [3.05, 3.63) is 16.1 Å². The molecule has 1 aliphatic carbocycles. The highest BCUT2D eigenvalue weighted by molar-refractivity contribution is 7.11. The lowest BCUT2D eigenvalue weighted by Crippen LogP contribution is -2.41. The van der Waals surface area contributed by atoms with Gasteiger partial charge in [-0.15, -0.1) is 11.3 Å². The zero-order valence-electron chi connectivity index (χ0n) is 12.4. The predicted molar refractivity (Wildman–Crippen MR) is 82.9 cm³/mol. The van der Waals surface area contributed by atoms with E-state index in [9.17, 15) is 4.79 Å². The lowest BCUT2D eigenvalue weighted by atomic mass is 9.95. The van der Waals surface area contributed by atoms with Gasteiger partial charge in [0.05, 0.1) is 12.6 Å². The summed E-state index contributed by atoms with van der Waals surface area (Å²) in [5.74, 6) is 0.107. The normalized spacial score (nSPS) is 17.9. The van der Waals surface area contributed by atoms with Crippen LogP contribution in [-0.2, 0) is 11.2 Å². The molecule has 1 saturated carbocycles. The van der Waals surface area contributed by atoms with E-state index in [4.69, 9.17) is 0 Å². The van der Waals surface area contributed by atoms with E-state index in [2.05, 4.69) is 29.5 Å². The summed E-state index contributed by atoms with van der Waals surface area (Å²) < 4.78 is 0. The van der Waals surface area contributed by atoms with Gasteiger partial charge in [-0.3, -0.25) is 10.1 Å². The van der Waals surface area contributed by atoms with Crippen molar-refractivity contribution in [2.75, 3.05) is 6.54 Å². The Morgan fingerprint density at radius 1 is 1.45 bits per heavy atom. The lowest BCUT2D eigenvalue weighted by Gasteiger charge is -2.23. The SMILES string of the molecule is CCc1cnc(C(C)NCC(=O)NC2CCCCC2)s1. The second-order valence-corrected chi connectivity index (χ2v) is 6.67. The van der Waals surface area contributed by atoms with Crippen molar-refractivity contribution >= 4 is 17.2 Å². The first kappa shape index (κ1) is 15.4. The van der Waals surface area contributed by atoms with E-state index in [0.717, 1.165) is 24.3 Å². The third kappa shape index (κ3) is 4.56. The van der Waals surface area contributed by atoms with Gasteiger partial charge in [0, 0.05) is 17.1 Å². The van der Waals surface area contributed by atoms with E-state index in [1.165, 1.54) is 24.1 Å². The number of hydrogen-bond acceptors (Lipinski definition) is 4. The maximum absolute atomic E-state index is 11.9. The molecule has 0 saturated heterocycles. The average molecular weight is 295 g/mol. The molecule has 1 aliphatic rings. The van der Waals surface area contributed by atoms with E-state index in [1.54, 1.807) is 11.3 Å². The Labute approximate surface area is 125 Å². The van der Waals surface area contributed by atoms with Crippen LogP contribution >= 0.6 is 11.3 Å². The Balaban J connectivity index is 1.71. The molecule has 0 aliphatic heterocycles. The minimum absolute atomic E-state index is 0.107. The van der Waals surface area contributed by atoms with Crippen LogP contribution in [0.15, 0.2) is 6.20 Å². The summed E-state index contributed by atoms with van der Waals surface area (Å²) in [5.41, 5.74) is 0. The van der Waals surface area contributed by atoms with Gasteiger partial charge in [0.2, 0.25) is 5.91 Å². The van der Waals surface area contributed by atoms with Gasteiger partial charge in [-0.1, -0.05) is 26.2 Å². The van der Waals surface area contributed by atoms with Crippen molar-refractivity contribution in [1.29, 1.82) is 0 Å². The largest absolute Gasteiger partial charge is 0.352 e. The number of aromatic nitrogens is 1. The van der Waals surface area contributed by atoms with E-state index in [-0.39, 0.29) is 11.9 Å². The Kier molecular flexibility index (Phi) is 5.98. The van der Waals surface area contributed by atoms with Gasteiger partial charge < -0.3 is 5.32 Å². The first-order valence-corrected chi connectivity index (χ1v) is 8.48. The van der Waals surface area contributed by atoms with Crippen molar-refractivity contribution in [3.63, 3.8) is 0 Å². The van der Waals surface area contributed by atoms with Gasteiger partial charge in [0.25, 0.3) is 0 Å². The van der Waals surface area contributed by atoms with Crippen LogP contribution in [0.2, 0.25) is 0 Å². The molecule has 1 aromatic rings. The van der Waals surface area contributed by atoms with E-state index < -0.39 is 0 Å². The fourth-order valence-corrected chi connectivity index (χ4v) is 3.43. The van der Waals surface area contributed by atoms with Crippen molar-refractivity contribution < 1.29 is 4.79 Å². The summed E-state index contributed by atoms with van der Waals surface area (Å²) in [6.45, 7) is 4.57. The van der Waals surface area contributed by atoms with Crippen molar-refractivity contribution in [2.24, 2.45) is 0 Å². The Hall–Kier alpha value is -0.940. The molecule has 1 amide bonds. The molecule has 5 heteroatoms. The van der Waals surface area contributed by atoms with Crippen molar-refractivity contribution in [1.82, 2.24) is 15.6 Å². The number of thiazole rings is 1. The minimum atomic E-state index is 0.107. The van der Waals surface area contributed by atoms with Crippen LogP contribution in [0.4, 0.5) is 0 Å². The second kappa shape index (κ2) is 7.74. The van der Waals surface area contributed by atoms with Crippen LogP contribution in [0.1, 0.15) is 61.9 Å². The zero-order chi connectivity index (χ0) is 14.4. The Morgan fingerprint density at radius 3 is 2.85 bits per heavy atom. The third-order valence-electron chi connectivity index (χ3n) is 3.83. The van der Waals surface area contributed by atoms with Crippen LogP contribution in [0.25, 0.3) is 0 Å². The molecule has 1 heterocycles. The van der Waals surface area contributed by atoms with Gasteiger partial charge in [0.15, 0.2) is 0 Å². The number of rotatable bonds is 6. The molecule has 20 heavy (non-hydrogen) atoms. The van der Waals surface area contributed by atoms with Gasteiger partial charge in [0.1, 0.15) is 5.01 Å². The maximum Gasteiger partial charge on any atom is 0.234 e. The van der Waals surface area contributed by atoms with Crippen LogP contribution in [-0.4, -0.2) is 23.5 Å². The van der Waals surface area contributed by atoms with E-state index >= 15 is 0 Å². The molecule has 1 atom stereocenters. The molecule has 2 N–H and O–H groups in total. The number of nitrogens with zero attached hydrogens (tertiary/aromatic N) is 1. The Bertz CT molecular complexity index is 427. The summed E-state index contributed by atoms with van der Waals surface area (Å²) in [6, 6.07) is 0.525. The summed E-state index contributed by atoms with van der Waals surface area (Å²) >= 11 is 1.72. The smallest absolute Gasteiger partial charge is 0.234 e. The highest BCUT2D eigenvalue weighted by atomic mass is 32.1. The fourth-order valence-electron chi connectivity index (χ4n) is 2.55. The highest BCUT2D eigenvalue weighted by Crippen LogP contribution is 2.20. The predicted octanol–water partition coefficient (Wildman–Crippen LogP) is 2.81. The summed E-state index contributed by atoms with van der Waals surface area (Å²) in [6.07, 6.45) is 9.01. The molecule has 0 bridgehead atoms. The number of hydrogen-bond donors (Lipinski definition) is 2. The fraction of sp³-hybridized carbons (Fsp3) is 0.733. The highest BCUT2D eigenvalue weighted by Gasteiger charge is 2.16. The first-order chi connectivity index (χ1) is 9.69. The van der Waals surface area contributed by atoms with Crippen molar-refractivity contribution in [2.45, 2.75) is 64.5 Å². The van der Waals surface area contributed by atoms with Crippen LogP contribution in [0.5, 0.6) is 0 Å². The first-order valence-electron chi connectivity index (χ1n) is 7.66. The van der Waals surface area contributed by atoms with Gasteiger partial charge in [-0.25, -0.2) is 4.98 Å². The van der Waals surface area contributed by atoms with Gasteiger partial charge in [-0.05, 0) is 26.2 Å². The second-order valence-electron chi connectivity index (χ2n) is 5.52. The number of carbonyl (C=O) groups is 1. The molecular weight excluding hydrogens is 270 g/mol. The quantitative estimate of drug-likeness (QED) is 0.848. The topological polar surface area (TPSA) is 54.0 Å². The molecule has 1 aromatic heterocycles. The molecular formula is C15H25N3OS. The average Bonchev–Trinajstić information content (AvgIpc) is 2.95. The minimum Gasteiger partial charge on any atom is -0.352 e. The molecule has 2 rings (SSSR count). The molecule has 4 nitrogen and oxygen atoms in total. The van der Waals surface area contributed by atoms with Gasteiger partial charge in [-0.2, -0.15) is 0 Å². The molecule has 0 aromatic carbocycles. The van der Waals surface area contributed by atoms with Crippen LogP contribution in [0, 0.1) is 0 Å². The number of aryl methyl sites for hydroxylation is 1. The molecule has 112 valence electrons. The number of carbonyl (C=O) groups excluding carboxylic acids is 1. The Morgan fingerprint density at radius 2 is 2.20 bits per heavy atom. The van der Waals surface area contributed by atoms with Crippen LogP contribution < -0.4 is 10.6 Å².